The SMILES string of the molecule is CO/N=C(\COc1ccc(COc2ccc(CCC(=O)O)c(-c3c(C)noc3C)c2)cc1)c1ccccc1. The predicted molar refractivity (Wildman–Crippen MR) is 144 cm³/mol. The Bertz CT molecular complexity index is 1370. The zero-order valence-corrected chi connectivity index (χ0v) is 21.6. The van der Waals surface area contributed by atoms with Crippen molar-refractivity contribution in [2.75, 3.05) is 13.7 Å². The van der Waals surface area contributed by atoms with E-state index in [-0.39, 0.29) is 13.0 Å². The molecule has 0 radical (unpaired) electrons. The molecule has 196 valence electrons. The van der Waals surface area contributed by atoms with Gasteiger partial charge in [-0.15, -0.1) is 0 Å². The smallest absolute Gasteiger partial charge is 0.303 e. The minimum atomic E-state index is -0.843. The van der Waals surface area contributed by atoms with Crippen LogP contribution in [0.3, 0.4) is 0 Å². The summed E-state index contributed by atoms with van der Waals surface area (Å²) in [6.07, 6.45) is 0.437. The fraction of sp³-hybridized carbons (Fsp3) is 0.233. The summed E-state index contributed by atoms with van der Waals surface area (Å²) in [6, 6.07) is 23.1. The second-order valence-corrected chi connectivity index (χ2v) is 8.72. The van der Waals surface area contributed by atoms with E-state index in [1.54, 1.807) is 0 Å². The van der Waals surface area contributed by atoms with E-state index in [0.29, 0.717) is 36.0 Å². The van der Waals surface area contributed by atoms with Crippen LogP contribution in [0, 0.1) is 13.8 Å². The topological polar surface area (TPSA) is 103 Å². The summed E-state index contributed by atoms with van der Waals surface area (Å²) >= 11 is 0. The molecule has 0 aliphatic carbocycles. The van der Waals surface area contributed by atoms with Crippen molar-refractivity contribution >= 4 is 11.7 Å². The van der Waals surface area contributed by atoms with Crippen molar-refractivity contribution in [1.82, 2.24) is 5.16 Å². The molecule has 8 nitrogen and oxygen atoms in total. The molecule has 1 N–H and O–H groups in total. The van der Waals surface area contributed by atoms with E-state index in [0.717, 1.165) is 33.5 Å². The molecule has 0 spiro atoms. The number of aromatic nitrogens is 1. The molecule has 1 aromatic heterocycles. The average molecular weight is 515 g/mol. The standard InChI is InChI=1S/C30H30N2O6/c1-20-30(21(2)38-31-20)27-17-26(15-11-23(27)12-16-29(33)34)36-18-22-9-13-25(14-10-22)37-19-28(32-35-3)24-7-5-4-6-8-24/h4-11,13-15,17H,12,16,18-19H2,1-3H3,(H,33,34)/b32-28+. The number of carboxylic acids is 1. The summed E-state index contributed by atoms with van der Waals surface area (Å²) in [5.41, 5.74) is 5.99. The van der Waals surface area contributed by atoms with E-state index in [2.05, 4.69) is 10.3 Å². The molecule has 0 saturated carbocycles. The lowest BCUT2D eigenvalue weighted by Crippen LogP contribution is -2.13. The lowest BCUT2D eigenvalue weighted by atomic mass is 9.95. The number of aryl methyl sites for hydroxylation is 3. The Balaban J connectivity index is 1.42. The van der Waals surface area contributed by atoms with E-state index in [9.17, 15) is 4.79 Å². The van der Waals surface area contributed by atoms with Crippen LogP contribution >= 0.6 is 0 Å². The summed E-state index contributed by atoms with van der Waals surface area (Å²) < 4.78 is 17.3. The van der Waals surface area contributed by atoms with Crippen LogP contribution in [0.5, 0.6) is 11.5 Å². The van der Waals surface area contributed by atoms with Crippen molar-refractivity contribution in [3.63, 3.8) is 0 Å². The lowest BCUT2D eigenvalue weighted by molar-refractivity contribution is -0.136. The fourth-order valence-electron chi connectivity index (χ4n) is 4.11. The highest BCUT2D eigenvalue weighted by Crippen LogP contribution is 2.34. The van der Waals surface area contributed by atoms with Gasteiger partial charge in [-0.1, -0.05) is 58.8 Å². The Kier molecular flexibility index (Phi) is 8.77. The third kappa shape index (κ3) is 6.79. The van der Waals surface area contributed by atoms with Crippen molar-refractivity contribution in [1.29, 1.82) is 0 Å². The van der Waals surface area contributed by atoms with E-state index < -0.39 is 5.97 Å². The largest absolute Gasteiger partial charge is 0.489 e. The number of ether oxygens (including phenoxy) is 2. The van der Waals surface area contributed by atoms with Crippen LogP contribution in [-0.2, 0) is 22.7 Å². The van der Waals surface area contributed by atoms with Gasteiger partial charge in [0.25, 0.3) is 0 Å². The highest BCUT2D eigenvalue weighted by molar-refractivity contribution is 6.01. The molecule has 4 rings (SSSR count). The maximum atomic E-state index is 11.1. The first-order valence-corrected chi connectivity index (χ1v) is 12.2. The normalized spacial score (nSPS) is 11.3. The highest BCUT2D eigenvalue weighted by Gasteiger charge is 2.17. The number of benzene rings is 3. The van der Waals surface area contributed by atoms with Gasteiger partial charge in [-0.3, -0.25) is 4.79 Å². The monoisotopic (exact) mass is 514 g/mol. The molecule has 38 heavy (non-hydrogen) atoms. The van der Waals surface area contributed by atoms with Crippen LogP contribution in [0.15, 0.2) is 82.5 Å². The molecule has 4 aromatic rings. The molecule has 0 bridgehead atoms. The second-order valence-electron chi connectivity index (χ2n) is 8.72. The van der Waals surface area contributed by atoms with Gasteiger partial charge >= 0.3 is 5.97 Å². The van der Waals surface area contributed by atoms with E-state index in [4.69, 9.17) is 23.9 Å². The minimum absolute atomic E-state index is 0.0369. The summed E-state index contributed by atoms with van der Waals surface area (Å²) in [6.45, 7) is 4.34. The van der Waals surface area contributed by atoms with Crippen molar-refractivity contribution in [2.45, 2.75) is 33.3 Å². The molecule has 0 amide bonds. The number of hydrogen-bond acceptors (Lipinski definition) is 7. The number of nitrogens with zero attached hydrogens (tertiary/aromatic N) is 2. The molecule has 0 saturated heterocycles. The number of carboxylic acid groups (broad SMARTS) is 1. The van der Waals surface area contributed by atoms with Gasteiger partial charge in [-0.2, -0.15) is 0 Å². The van der Waals surface area contributed by atoms with Crippen molar-refractivity contribution < 1.29 is 28.7 Å². The third-order valence-corrected chi connectivity index (χ3v) is 6.01. The Labute approximate surface area is 221 Å². The first-order valence-electron chi connectivity index (χ1n) is 12.2. The van der Waals surface area contributed by atoms with Crippen molar-refractivity contribution in [3.05, 3.63) is 101 Å². The summed E-state index contributed by atoms with van der Waals surface area (Å²) in [5, 5.41) is 17.3. The van der Waals surface area contributed by atoms with Crippen LogP contribution in [0.25, 0.3) is 11.1 Å². The number of oxime groups is 1. The van der Waals surface area contributed by atoms with Crippen LogP contribution in [0.2, 0.25) is 0 Å². The molecule has 0 aliphatic heterocycles. The van der Waals surface area contributed by atoms with Gasteiger partial charge in [-0.25, -0.2) is 0 Å². The molecule has 0 unspecified atom stereocenters. The van der Waals surface area contributed by atoms with Gasteiger partial charge in [0.1, 0.15) is 43.3 Å². The average Bonchev–Trinajstić information content (AvgIpc) is 3.27. The molecule has 0 fully saturated rings. The molecular formula is C30H30N2O6. The van der Waals surface area contributed by atoms with E-state index in [1.165, 1.54) is 7.11 Å². The van der Waals surface area contributed by atoms with E-state index >= 15 is 0 Å². The summed E-state index contributed by atoms with van der Waals surface area (Å²) in [4.78, 5) is 16.1. The van der Waals surface area contributed by atoms with Crippen molar-refractivity contribution in [2.24, 2.45) is 5.16 Å². The van der Waals surface area contributed by atoms with Gasteiger partial charge in [0.05, 0.1) is 5.69 Å². The van der Waals surface area contributed by atoms with Gasteiger partial charge in [-0.05, 0) is 61.2 Å². The highest BCUT2D eigenvalue weighted by atomic mass is 16.6. The molecule has 1 heterocycles. The first-order chi connectivity index (χ1) is 18.4. The fourth-order valence-corrected chi connectivity index (χ4v) is 4.11. The predicted octanol–water partition coefficient (Wildman–Crippen LogP) is 5.98. The number of hydrogen-bond donors (Lipinski definition) is 1. The minimum Gasteiger partial charge on any atom is -0.489 e. The Hall–Kier alpha value is -4.59. The van der Waals surface area contributed by atoms with E-state index in [1.807, 2.05) is 86.6 Å². The van der Waals surface area contributed by atoms with Crippen LogP contribution in [0.4, 0.5) is 0 Å². The Morgan fingerprint density at radius 2 is 1.71 bits per heavy atom. The zero-order chi connectivity index (χ0) is 26.9. The Morgan fingerprint density at radius 3 is 2.37 bits per heavy atom. The quantitative estimate of drug-likeness (QED) is 0.183. The molecule has 8 heteroatoms. The maximum absolute atomic E-state index is 11.1. The molecule has 0 aliphatic rings. The number of rotatable bonds is 12. The van der Waals surface area contributed by atoms with Crippen LogP contribution in [0.1, 0.15) is 34.6 Å². The number of aliphatic carboxylic acids is 1. The molecule has 3 aromatic carbocycles. The van der Waals surface area contributed by atoms with Crippen LogP contribution in [-0.4, -0.2) is 35.7 Å². The van der Waals surface area contributed by atoms with Gasteiger partial charge in [0.15, 0.2) is 0 Å². The van der Waals surface area contributed by atoms with Crippen LogP contribution < -0.4 is 9.47 Å². The number of carbonyl (C=O) groups is 1. The van der Waals surface area contributed by atoms with Gasteiger partial charge < -0.3 is 23.9 Å². The van der Waals surface area contributed by atoms with Gasteiger partial charge in [0, 0.05) is 17.5 Å². The zero-order valence-electron chi connectivity index (χ0n) is 21.6. The first kappa shape index (κ1) is 26.5. The maximum Gasteiger partial charge on any atom is 0.303 e. The van der Waals surface area contributed by atoms with Crippen molar-refractivity contribution in [3.8, 4) is 22.6 Å². The second kappa shape index (κ2) is 12.6. The Morgan fingerprint density at radius 1 is 0.974 bits per heavy atom. The van der Waals surface area contributed by atoms with Gasteiger partial charge in [0.2, 0.25) is 0 Å². The third-order valence-electron chi connectivity index (χ3n) is 6.01. The molecular weight excluding hydrogens is 484 g/mol. The summed E-state index contributed by atoms with van der Waals surface area (Å²) in [5.74, 6) is 1.21. The molecule has 0 atom stereocenters. The lowest BCUT2D eigenvalue weighted by Gasteiger charge is -2.13. The summed E-state index contributed by atoms with van der Waals surface area (Å²) in [7, 11) is 1.51.